The summed E-state index contributed by atoms with van der Waals surface area (Å²) in [4.78, 5) is 24.9. The molecule has 2 heterocycles. The number of benzene rings is 4. The van der Waals surface area contributed by atoms with Crippen LogP contribution in [0.1, 0.15) is 70.4 Å². The van der Waals surface area contributed by atoms with Crippen LogP contribution in [0.3, 0.4) is 0 Å². The van der Waals surface area contributed by atoms with Gasteiger partial charge >= 0.3 is 0 Å². The van der Waals surface area contributed by atoms with Gasteiger partial charge in [0.25, 0.3) is 32.1 Å². The number of nitrogens with zero attached hydrogens (tertiary/aromatic N) is 2. The molecule has 2 amide bonds. The van der Waals surface area contributed by atoms with Crippen LogP contribution >= 0.6 is 0 Å². The Hall–Kier alpha value is -5.20. The Labute approximate surface area is 360 Å². The second-order valence-corrected chi connectivity index (χ2v) is 21.0. The Kier molecular flexibility index (Phi) is 13.9. The maximum Gasteiger partial charge on any atom is 0.295 e. The average Bonchev–Trinajstić information content (AvgIpc) is 3.25. The molecule has 22 heteroatoms. The predicted molar refractivity (Wildman–Crippen MR) is 229 cm³/mol. The molecule has 0 spiro atoms. The summed E-state index contributed by atoms with van der Waals surface area (Å²) >= 11 is 0. The molecular formula is C40H44N4O14S4. The monoisotopic (exact) mass is 932 g/mol. The molecule has 4 N–H and O–H groups in total. The van der Waals surface area contributed by atoms with Crippen LogP contribution in [0.2, 0.25) is 0 Å². The second-order valence-electron chi connectivity index (χ2n) is 14.4. The summed E-state index contributed by atoms with van der Waals surface area (Å²) in [7, 11) is -15.4. The first-order valence-electron chi connectivity index (χ1n) is 19.1. The van der Waals surface area contributed by atoms with Crippen molar-refractivity contribution in [2.75, 3.05) is 51.0 Å². The van der Waals surface area contributed by atoms with Gasteiger partial charge in [-0.1, -0.05) is 37.1 Å². The van der Waals surface area contributed by atoms with Gasteiger partial charge in [-0.3, -0.25) is 18.7 Å². The third-order valence-electron chi connectivity index (χ3n) is 10.3. The van der Waals surface area contributed by atoms with Gasteiger partial charge in [0, 0.05) is 48.7 Å². The summed E-state index contributed by atoms with van der Waals surface area (Å²) < 4.78 is 137. The fourth-order valence-corrected chi connectivity index (χ4v) is 11.9. The number of piperidine rings is 2. The highest BCUT2D eigenvalue weighted by Crippen LogP contribution is 2.33. The third kappa shape index (κ3) is 10.3. The zero-order valence-corrected chi connectivity index (χ0v) is 36.7. The molecule has 0 aliphatic carbocycles. The number of nitrogens with one attached hydrogen (secondary N) is 2. The number of sulfonamides is 2. The van der Waals surface area contributed by atoms with Crippen molar-refractivity contribution in [3.05, 3.63) is 95.1 Å². The number of carbonyl (C=O) groups excluding carboxylic acids is 2. The van der Waals surface area contributed by atoms with E-state index in [1.165, 1.54) is 71.4 Å². The first-order chi connectivity index (χ1) is 29.2. The molecule has 0 saturated carbocycles. The maximum atomic E-state index is 13.5. The number of hydrogen-bond donors (Lipinski definition) is 4. The summed E-state index contributed by atoms with van der Waals surface area (Å²) in [5.74, 6) is -1.57. The number of rotatable bonds is 14. The van der Waals surface area contributed by atoms with Crippen LogP contribution in [-0.2, 0) is 40.3 Å². The van der Waals surface area contributed by atoms with E-state index in [0.717, 1.165) is 49.3 Å². The van der Waals surface area contributed by atoms with E-state index in [1.807, 2.05) is 0 Å². The molecule has 2 aliphatic heterocycles. The lowest BCUT2D eigenvalue weighted by atomic mass is 10.1. The van der Waals surface area contributed by atoms with Crippen molar-refractivity contribution in [2.24, 2.45) is 0 Å². The van der Waals surface area contributed by atoms with Crippen LogP contribution in [0.5, 0.6) is 11.5 Å². The molecule has 18 nitrogen and oxygen atoms in total. The van der Waals surface area contributed by atoms with E-state index in [9.17, 15) is 52.4 Å². The third-order valence-corrected chi connectivity index (χ3v) is 15.9. The Bertz CT molecular complexity index is 2680. The van der Waals surface area contributed by atoms with Gasteiger partial charge in [-0.05, 0) is 97.5 Å². The zero-order chi connectivity index (χ0) is 45.0. The Balaban J connectivity index is 1.24. The van der Waals surface area contributed by atoms with Crippen LogP contribution < -0.4 is 20.1 Å². The van der Waals surface area contributed by atoms with Gasteiger partial charge in [-0.15, -0.1) is 0 Å². The van der Waals surface area contributed by atoms with Crippen LogP contribution in [0, 0.1) is 0 Å². The van der Waals surface area contributed by atoms with Gasteiger partial charge in [0.2, 0.25) is 20.0 Å². The van der Waals surface area contributed by atoms with E-state index in [1.54, 1.807) is 0 Å². The molecule has 6 rings (SSSR count). The predicted octanol–water partition coefficient (Wildman–Crippen LogP) is 5.22. The minimum atomic E-state index is -4.98. The normalized spacial score (nSPS) is 15.9. The molecule has 62 heavy (non-hydrogen) atoms. The molecule has 0 radical (unpaired) electrons. The van der Waals surface area contributed by atoms with Gasteiger partial charge in [0.1, 0.15) is 31.1 Å². The molecule has 332 valence electrons. The van der Waals surface area contributed by atoms with Crippen molar-refractivity contribution in [2.45, 2.75) is 58.1 Å². The standard InChI is InChI=1S/C40H44N4O14S4/c1-57-33-17-13-29(23-37(33)59(47,48)43-19-5-3-6-20-43)39(45)41-31-15-11-27(35(25-31)61(51,52)53)9-10-28-12-16-32(26-36(28)62(54,55)56)42-40(46)30-14-18-34(58-2)38(24-30)60(49,50)44-21-7-4-8-22-44/h9-18,23-26H,3-8,19-22H2,1-2H3,(H,41,45)(H,42,46)(H,51,52,53)(H,54,55,56). The Morgan fingerprint density at radius 2 is 0.871 bits per heavy atom. The number of hydrogen-bond acceptors (Lipinski definition) is 12. The highest BCUT2D eigenvalue weighted by atomic mass is 32.2. The molecule has 2 aliphatic rings. The summed E-state index contributed by atoms with van der Waals surface area (Å²) in [6, 6.07) is 14.5. The highest BCUT2D eigenvalue weighted by molar-refractivity contribution is 7.89. The molecule has 4 aromatic carbocycles. The number of amides is 2. The van der Waals surface area contributed by atoms with Gasteiger partial charge in [-0.25, -0.2) is 16.8 Å². The van der Waals surface area contributed by atoms with E-state index < -0.39 is 61.9 Å². The first-order valence-corrected chi connectivity index (χ1v) is 24.9. The van der Waals surface area contributed by atoms with Crippen LogP contribution in [0.15, 0.2) is 92.4 Å². The maximum absolute atomic E-state index is 13.5. The quantitative estimate of drug-likeness (QED) is 0.0934. The smallest absolute Gasteiger partial charge is 0.295 e. The Morgan fingerprint density at radius 3 is 1.19 bits per heavy atom. The van der Waals surface area contributed by atoms with Gasteiger partial charge in [0.15, 0.2) is 0 Å². The summed E-state index contributed by atoms with van der Waals surface area (Å²) in [5, 5.41) is 4.98. The van der Waals surface area contributed by atoms with Crippen molar-refractivity contribution in [3.63, 3.8) is 0 Å². The molecular weight excluding hydrogens is 889 g/mol. The average molecular weight is 933 g/mol. The van der Waals surface area contributed by atoms with E-state index in [-0.39, 0.29) is 54.9 Å². The van der Waals surface area contributed by atoms with Gasteiger partial charge < -0.3 is 20.1 Å². The molecule has 0 bridgehead atoms. The fraction of sp³-hybridized carbons (Fsp3) is 0.300. The van der Waals surface area contributed by atoms with E-state index in [4.69, 9.17) is 9.47 Å². The van der Waals surface area contributed by atoms with Gasteiger partial charge in [0.05, 0.1) is 14.2 Å². The Morgan fingerprint density at radius 1 is 0.516 bits per heavy atom. The van der Waals surface area contributed by atoms with Crippen LogP contribution in [0.4, 0.5) is 11.4 Å². The number of anilines is 2. The van der Waals surface area contributed by atoms with E-state index in [2.05, 4.69) is 10.6 Å². The SMILES string of the molecule is COc1ccc(C(=O)Nc2ccc(C=Cc3ccc(NC(=O)c4ccc(OC)c(S(=O)(=O)N5CCCCC5)c4)cc3S(=O)(=O)O)c(S(=O)(=O)O)c2)cc1S(=O)(=O)N1CCCCC1. The molecule has 0 unspecified atom stereocenters. The molecule has 0 atom stereocenters. The number of methoxy groups -OCH3 is 2. The highest BCUT2D eigenvalue weighted by Gasteiger charge is 2.31. The lowest BCUT2D eigenvalue weighted by molar-refractivity contribution is 0.101. The number of ether oxygens (including phenoxy) is 2. The zero-order valence-electron chi connectivity index (χ0n) is 33.5. The van der Waals surface area contributed by atoms with E-state index >= 15 is 0 Å². The summed E-state index contributed by atoms with van der Waals surface area (Å²) in [6.07, 6.45) is 6.75. The van der Waals surface area contributed by atoms with Crippen LogP contribution in [-0.4, -0.2) is 104 Å². The largest absolute Gasteiger partial charge is 0.495 e. The summed E-state index contributed by atoms with van der Waals surface area (Å²) in [5.41, 5.74) is -0.737. The van der Waals surface area contributed by atoms with Crippen molar-refractivity contribution in [1.29, 1.82) is 0 Å². The topological polar surface area (TPSA) is 260 Å². The second kappa shape index (κ2) is 18.6. The first kappa shape index (κ1) is 46.3. The fourth-order valence-electron chi connectivity index (χ4n) is 7.06. The van der Waals surface area contributed by atoms with Crippen molar-refractivity contribution >= 4 is 75.6 Å². The minimum Gasteiger partial charge on any atom is -0.495 e. The molecule has 4 aromatic rings. The van der Waals surface area contributed by atoms with Gasteiger partial charge in [-0.2, -0.15) is 25.4 Å². The lowest BCUT2D eigenvalue weighted by Crippen LogP contribution is -2.35. The van der Waals surface area contributed by atoms with Crippen molar-refractivity contribution in [1.82, 2.24) is 8.61 Å². The molecule has 2 fully saturated rings. The van der Waals surface area contributed by atoms with Crippen molar-refractivity contribution < 1.29 is 61.8 Å². The van der Waals surface area contributed by atoms with Crippen LogP contribution in [0.25, 0.3) is 12.2 Å². The molecule has 0 aromatic heterocycles. The lowest BCUT2D eigenvalue weighted by Gasteiger charge is -2.26. The summed E-state index contributed by atoms with van der Waals surface area (Å²) in [6.45, 7) is 1.24. The number of carbonyl (C=O) groups is 2. The molecule has 2 saturated heterocycles. The van der Waals surface area contributed by atoms with Crippen molar-refractivity contribution in [3.8, 4) is 11.5 Å². The minimum absolute atomic E-state index is 0.0264. The van der Waals surface area contributed by atoms with E-state index in [0.29, 0.717) is 51.9 Å².